The Bertz CT molecular complexity index is 191. The zero-order valence-corrected chi connectivity index (χ0v) is 4.69. The van der Waals surface area contributed by atoms with Crippen molar-refractivity contribution < 1.29 is 9.90 Å². The predicted octanol–water partition coefficient (Wildman–Crippen LogP) is 0.583. The Kier molecular flexibility index (Phi) is 1.53. The molecular formula is C6H6NO2. The predicted molar refractivity (Wildman–Crippen MR) is 31.8 cm³/mol. The van der Waals surface area contributed by atoms with Crippen LogP contribution in [0.2, 0.25) is 0 Å². The van der Waals surface area contributed by atoms with Gasteiger partial charge in [-0.2, -0.15) is 0 Å². The summed E-state index contributed by atoms with van der Waals surface area (Å²) in [6.45, 7) is 1.08. The molecule has 0 bridgehead atoms. The van der Waals surface area contributed by atoms with Crippen molar-refractivity contribution in [1.29, 1.82) is 0 Å². The van der Waals surface area contributed by atoms with Gasteiger partial charge >= 0.3 is 5.97 Å². The second kappa shape index (κ2) is 2.35. The van der Waals surface area contributed by atoms with Crippen LogP contribution in [0.15, 0.2) is 24.5 Å². The summed E-state index contributed by atoms with van der Waals surface area (Å²) in [6.07, 6.45) is 3.32. The molecule has 0 fully saturated rings. The number of aromatic nitrogens is 1. The maximum Gasteiger partial charge on any atom is 0.329 e. The van der Waals surface area contributed by atoms with Crippen LogP contribution in [0.1, 0.15) is 0 Å². The van der Waals surface area contributed by atoms with E-state index in [2.05, 4.69) is 0 Å². The minimum atomic E-state index is -0.939. The number of carbonyl (C=O) groups is 1. The smallest absolute Gasteiger partial charge is 0.329 e. The van der Waals surface area contributed by atoms with E-state index < -0.39 is 5.97 Å². The SMILES string of the molecule is O=C(O)[CH]n1cccc1. The molecule has 1 aromatic rings. The molecule has 47 valence electrons. The van der Waals surface area contributed by atoms with Gasteiger partial charge in [-0.3, -0.25) is 0 Å². The molecule has 1 aromatic heterocycles. The first kappa shape index (κ1) is 5.88. The van der Waals surface area contributed by atoms with Crippen molar-refractivity contribution in [3.63, 3.8) is 0 Å². The van der Waals surface area contributed by atoms with E-state index in [1.54, 1.807) is 24.5 Å². The van der Waals surface area contributed by atoms with Gasteiger partial charge < -0.3 is 9.67 Å². The third-order valence-corrected chi connectivity index (χ3v) is 0.887. The van der Waals surface area contributed by atoms with Gasteiger partial charge in [-0.15, -0.1) is 0 Å². The highest BCUT2D eigenvalue weighted by atomic mass is 16.4. The molecule has 0 aliphatic carbocycles. The molecule has 0 aliphatic rings. The monoisotopic (exact) mass is 124 g/mol. The average Bonchev–Trinajstić information content (AvgIpc) is 2.15. The molecule has 0 unspecified atom stereocenters. The minimum Gasteiger partial charge on any atom is -0.480 e. The van der Waals surface area contributed by atoms with Crippen molar-refractivity contribution in [3.8, 4) is 0 Å². The van der Waals surface area contributed by atoms with Crippen molar-refractivity contribution >= 4 is 5.97 Å². The lowest BCUT2D eigenvalue weighted by molar-refractivity contribution is -0.133. The summed E-state index contributed by atoms with van der Waals surface area (Å²) >= 11 is 0. The van der Waals surface area contributed by atoms with Gasteiger partial charge in [0.05, 0.1) is 0 Å². The van der Waals surface area contributed by atoms with Gasteiger partial charge in [0.2, 0.25) is 0 Å². The lowest BCUT2D eigenvalue weighted by Gasteiger charge is -1.92. The Labute approximate surface area is 52.5 Å². The first-order valence-corrected chi connectivity index (χ1v) is 2.49. The lowest BCUT2D eigenvalue weighted by atomic mass is 10.6. The Morgan fingerprint density at radius 3 is 2.44 bits per heavy atom. The van der Waals surface area contributed by atoms with E-state index in [-0.39, 0.29) is 0 Å². The molecule has 0 aliphatic heterocycles. The number of aliphatic carboxylic acids is 1. The fraction of sp³-hybridized carbons (Fsp3) is 0. The van der Waals surface area contributed by atoms with Crippen molar-refractivity contribution in [3.05, 3.63) is 31.1 Å². The summed E-state index contributed by atoms with van der Waals surface area (Å²) in [6, 6.07) is 3.53. The third kappa shape index (κ3) is 1.60. The van der Waals surface area contributed by atoms with Crippen LogP contribution in [0.5, 0.6) is 0 Å². The van der Waals surface area contributed by atoms with Crippen LogP contribution in [0.3, 0.4) is 0 Å². The lowest BCUT2D eigenvalue weighted by Crippen LogP contribution is -2.02. The molecule has 1 heterocycles. The third-order valence-electron chi connectivity index (χ3n) is 0.887. The van der Waals surface area contributed by atoms with E-state index in [0.717, 1.165) is 6.54 Å². The minimum absolute atomic E-state index is 0.939. The molecule has 1 radical (unpaired) electrons. The summed E-state index contributed by atoms with van der Waals surface area (Å²) in [4.78, 5) is 9.99. The molecule has 3 nitrogen and oxygen atoms in total. The van der Waals surface area contributed by atoms with Crippen molar-refractivity contribution in [2.75, 3.05) is 0 Å². The number of hydrogen-bond donors (Lipinski definition) is 1. The van der Waals surface area contributed by atoms with Crippen LogP contribution in [-0.4, -0.2) is 15.6 Å². The Balaban J connectivity index is 2.58. The Morgan fingerprint density at radius 2 is 2.00 bits per heavy atom. The molecule has 1 N–H and O–H groups in total. The van der Waals surface area contributed by atoms with Crippen LogP contribution in [0, 0.1) is 6.54 Å². The summed E-state index contributed by atoms with van der Waals surface area (Å²) in [5, 5.41) is 8.21. The molecule has 9 heavy (non-hydrogen) atoms. The maximum absolute atomic E-state index is 9.99. The quantitative estimate of drug-likeness (QED) is 0.626. The van der Waals surface area contributed by atoms with E-state index in [4.69, 9.17) is 5.11 Å². The molecular weight excluding hydrogens is 118 g/mol. The topological polar surface area (TPSA) is 42.2 Å². The van der Waals surface area contributed by atoms with E-state index in [0.29, 0.717) is 0 Å². The maximum atomic E-state index is 9.99. The van der Waals surface area contributed by atoms with Gasteiger partial charge in [0.25, 0.3) is 0 Å². The highest BCUT2D eigenvalue weighted by Gasteiger charge is 1.95. The molecule has 0 saturated heterocycles. The first-order chi connectivity index (χ1) is 4.29. The van der Waals surface area contributed by atoms with Gasteiger partial charge in [0, 0.05) is 12.4 Å². The number of carboxylic acid groups (broad SMARTS) is 1. The zero-order chi connectivity index (χ0) is 6.69. The van der Waals surface area contributed by atoms with Gasteiger partial charge in [0.1, 0.15) is 0 Å². The number of hydrogen-bond acceptors (Lipinski definition) is 1. The standard InChI is InChI=1S/C6H6NO2/c8-6(9)5-7-3-1-2-4-7/h1-5H,(H,8,9). The summed E-state index contributed by atoms with van der Waals surface area (Å²) < 4.78 is 1.47. The summed E-state index contributed by atoms with van der Waals surface area (Å²) in [5.41, 5.74) is 0. The number of rotatable bonds is 2. The zero-order valence-electron chi connectivity index (χ0n) is 4.69. The van der Waals surface area contributed by atoms with Gasteiger partial charge in [0.15, 0.2) is 6.54 Å². The molecule has 0 aromatic carbocycles. The average molecular weight is 124 g/mol. The number of nitrogens with zero attached hydrogens (tertiary/aromatic N) is 1. The summed E-state index contributed by atoms with van der Waals surface area (Å²) in [7, 11) is 0. The van der Waals surface area contributed by atoms with Crippen molar-refractivity contribution in [2.45, 2.75) is 0 Å². The van der Waals surface area contributed by atoms with E-state index >= 15 is 0 Å². The van der Waals surface area contributed by atoms with Crippen LogP contribution in [0.4, 0.5) is 0 Å². The Morgan fingerprint density at radius 1 is 1.44 bits per heavy atom. The summed E-state index contributed by atoms with van der Waals surface area (Å²) in [5.74, 6) is -0.939. The highest BCUT2D eigenvalue weighted by molar-refractivity contribution is 5.76. The van der Waals surface area contributed by atoms with E-state index in [9.17, 15) is 4.79 Å². The largest absolute Gasteiger partial charge is 0.480 e. The molecule has 0 spiro atoms. The highest BCUT2D eigenvalue weighted by Crippen LogP contribution is 1.90. The van der Waals surface area contributed by atoms with E-state index in [1.165, 1.54) is 4.57 Å². The van der Waals surface area contributed by atoms with Crippen LogP contribution < -0.4 is 0 Å². The van der Waals surface area contributed by atoms with Crippen molar-refractivity contribution in [2.24, 2.45) is 0 Å². The van der Waals surface area contributed by atoms with Crippen LogP contribution in [-0.2, 0) is 4.79 Å². The molecule has 0 amide bonds. The fourth-order valence-electron chi connectivity index (χ4n) is 0.561. The Hall–Kier alpha value is -1.25. The normalized spacial score (nSPS) is 9.33. The van der Waals surface area contributed by atoms with Gasteiger partial charge in [-0.05, 0) is 12.1 Å². The second-order valence-corrected chi connectivity index (χ2v) is 1.60. The fourth-order valence-corrected chi connectivity index (χ4v) is 0.561. The van der Waals surface area contributed by atoms with Crippen LogP contribution in [0.25, 0.3) is 0 Å². The van der Waals surface area contributed by atoms with Gasteiger partial charge in [-0.1, -0.05) is 0 Å². The molecule has 0 saturated carbocycles. The first-order valence-electron chi connectivity index (χ1n) is 2.49. The molecule has 3 heteroatoms. The van der Waals surface area contributed by atoms with E-state index in [1.807, 2.05) is 0 Å². The second-order valence-electron chi connectivity index (χ2n) is 1.60. The van der Waals surface area contributed by atoms with Crippen LogP contribution >= 0.6 is 0 Å². The molecule has 0 atom stereocenters. The number of carboxylic acids is 1. The van der Waals surface area contributed by atoms with Gasteiger partial charge in [-0.25, -0.2) is 4.79 Å². The van der Waals surface area contributed by atoms with Crippen molar-refractivity contribution in [1.82, 2.24) is 4.57 Å². The molecule has 1 rings (SSSR count).